The van der Waals surface area contributed by atoms with Crippen molar-refractivity contribution in [1.29, 1.82) is 0 Å². The third-order valence-corrected chi connectivity index (χ3v) is 2.36. The van der Waals surface area contributed by atoms with E-state index in [2.05, 4.69) is 16.9 Å². The lowest BCUT2D eigenvalue weighted by atomic mass is 10.0. The van der Waals surface area contributed by atoms with Gasteiger partial charge < -0.3 is 15.2 Å². The molecule has 0 saturated carbocycles. The first-order valence-electron chi connectivity index (χ1n) is 5.77. The van der Waals surface area contributed by atoms with Crippen LogP contribution in [0.4, 0.5) is 4.79 Å². The number of nitrogens with one attached hydrogen (secondary N) is 1. The highest BCUT2D eigenvalue weighted by Crippen LogP contribution is 2.06. The average Bonchev–Trinajstić information content (AvgIpc) is 2.41. The first-order chi connectivity index (χ1) is 9.13. The molecule has 1 aromatic heterocycles. The Kier molecular flexibility index (Phi) is 6.08. The standard InChI is InChI=1S/C13H16N2O4/c1-2-7-19-13(18)15-9-10(12(16)17)8-11-5-3-4-6-14-11/h2-6,10H,1,7-9H2,(H,15,18)(H,16,17). The van der Waals surface area contributed by atoms with Crippen molar-refractivity contribution in [3.63, 3.8) is 0 Å². The van der Waals surface area contributed by atoms with Crippen molar-refractivity contribution < 1.29 is 19.4 Å². The lowest BCUT2D eigenvalue weighted by Crippen LogP contribution is -2.34. The molecule has 1 heterocycles. The zero-order chi connectivity index (χ0) is 14.1. The minimum Gasteiger partial charge on any atom is -0.481 e. The van der Waals surface area contributed by atoms with Gasteiger partial charge in [-0.15, -0.1) is 0 Å². The van der Waals surface area contributed by atoms with Crippen LogP contribution in [0.5, 0.6) is 0 Å². The molecular weight excluding hydrogens is 248 g/mol. The van der Waals surface area contributed by atoms with Crippen molar-refractivity contribution in [1.82, 2.24) is 10.3 Å². The van der Waals surface area contributed by atoms with Crippen LogP contribution in [0.3, 0.4) is 0 Å². The largest absolute Gasteiger partial charge is 0.481 e. The number of nitrogens with zero attached hydrogens (tertiary/aromatic N) is 1. The van der Waals surface area contributed by atoms with E-state index in [1.807, 2.05) is 0 Å². The maximum absolute atomic E-state index is 11.2. The zero-order valence-corrected chi connectivity index (χ0v) is 10.4. The molecule has 1 aromatic rings. The highest BCUT2D eigenvalue weighted by Gasteiger charge is 2.19. The van der Waals surface area contributed by atoms with Crippen molar-refractivity contribution in [2.24, 2.45) is 5.92 Å². The second kappa shape index (κ2) is 7.86. The van der Waals surface area contributed by atoms with Gasteiger partial charge in [0.25, 0.3) is 0 Å². The summed E-state index contributed by atoms with van der Waals surface area (Å²) in [5.74, 6) is -1.74. The van der Waals surface area contributed by atoms with Crippen LogP contribution in [0.2, 0.25) is 0 Å². The Balaban J connectivity index is 2.47. The number of pyridine rings is 1. The van der Waals surface area contributed by atoms with Gasteiger partial charge in [-0.1, -0.05) is 18.7 Å². The number of aliphatic carboxylic acids is 1. The summed E-state index contributed by atoms with van der Waals surface area (Å²) < 4.78 is 4.69. The van der Waals surface area contributed by atoms with Crippen LogP contribution in [-0.2, 0) is 16.0 Å². The van der Waals surface area contributed by atoms with Gasteiger partial charge in [0.2, 0.25) is 0 Å². The Labute approximate surface area is 111 Å². The van der Waals surface area contributed by atoms with Crippen molar-refractivity contribution in [3.05, 3.63) is 42.7 Å². The van der Waals surface area contributed by atoms with Gasteiger partial charge in [0.15, 0.2) is 0 Å². The molecule has 0 bridgehead atoms. The fourth-order valence-corrected chi connectivity index (χ4v) is 1.41. The molecule has 0 aliphatic carbocycles. The van der Waals surface area contributed by atoms with E-state index < -0.39 is 18.0 Å². The summed E-state index contributed by atoms with van der Waals surface area (Å²) in [6.07, 6.45) is 2.62. The summed E-state index contributed by atoms with van der Waals surface area (Å²) in [5.41, 5.74) is 0.663. The molecule has 0 radical (unpaired) electrons. The summed E-state index contributed by atoms with van der Waals surface area (Å²) in [5, 5.41) is 11.5. The van der Waals surface area contributed by atoms with Gasteiger partial charge in [-0.25, -0.2) is 4.79 Å². The maximum atomic E-state index is 11.2. The molecule has 0 saturated heterocycles. The van der Waals surface area contributed by atoms with E-state index in [9.17, 15) is 9.59 Å². The molecule has 6 heteroatoms. The average molecular weight is 264 g/mol. The molecule has 6 nitrogen and oxygen atoms in total. The van der Waals surface area contributed by atoms with Crippen LogP contribution < -0.4 is 5.32 Å². The number of carboxylic acid groups (broad SMARTS) is 1. The quantitative estimate of drug-likeness (QED) is 0.723. The highest BCUT2D eigenvalue weighted by molar-refractivity contribution is 5.72. The predicted octanol–water partition coefficient (Wildman–Crippen LogP) is 1.24. The molecule has 2 N–H and O–H groups in total. The first-order valence-corrected chi connectivity index (χ1v) is 5.77. The van der Waals surface area contributed by atoms with Crippen LogP contribution in [0.1, 0.15) is 5.69 Å². The Morgan fingerprint density at radius 1 is 1.53 bits per heavy atom. The number of rotatable bonds is 7. The van der Waals surface area contributed by atoms with E-state index in [1.54, 1.807) is 24.4 Å². The van der Waals surface area contributed by atoms with Gasteiger partial charge in [-0.05, 0) is 12.1 Å². The van der Waals surface area contributed by atoms with E-state index >= 15 is 0 Å². The van der Waals surface area contributed by atoms with Gasteiger partial charge in [0.05, 0.1) is 5.92 Å². The van der Waals surface area contributed by atoms with Crippen LogP contribution in [-0.4, -0.2) is 35.3 Å². The minimum absolute atomic E-state index is 0.0120. The lowest BCUT2D eigenvalue weighted by Gasteiger charge is -2.12. The second-order valence-electron chi connectivity index (χ2n) is 3.83. The Morgan fingerprint density at radius 3 is 2.89 bits per heavy atom. The molecule has 0 spiro atoms. The molecule has 1 atom stereocenters. The lowest BCUT2D eigenvalue weighted by molar-refractivity contribution is -0.141. The van der Waals surface area contributed by atoms with E-state index in [0.717, 1.165) is 0 Å². The number of carbonyl (C=O) groups is 2. The summed E-state index contributed by atoms with van der Waals surface area (Å²) in [6, 6.07) is 5.28. The van der Waals surface area contributed by atoms with Gasteiger partial charge in [0.1, 0.15) is 6.61 Å². The monoisotopic (exact) mass is 264 g/mol. The van der Waals surface area contributed by atoms with Crippen molar-refractivity contribution in [2.75, 3.05) is 13.2 Å². The fraction of sp³-hybridized carbons (Fsp3) is 0.308. The minimum atomic E-state index is -0.991. The first kappa shape index (κ1) is 14.7. The number of ether oxygens (including phenoxy) is 1. The van der Waals surface area contributed by atoms with Gasteiger partial charge >= 0.3 is 12.1 Å². The van der Waals surface area contributed by atoms with Gasteiger partial charge in [0, 0.05) is 24.9 Å². The van der Waals surface area contributed by atoms with Crippen molar-refractivity contribution in [3.8, 4) is 0 Å². The zero-order valence-electron chi connectivity index (χ0n) is 10.4. The maximum Gasteiger partial charge on any atom is 0.407 e. The third-order valence-electron chi connectivity index (χ3n) is 2.36. The third kappa shape index (κ3) is 5.67. The summed E-state index contributed by atoms with van der Waals surface area (Å²) in [7, 11) is 0. The summed E-state index contributed by atoms with van der Waals surface area (Å²) in [4.78, 5) is 26.3. The van der Waals surface area contributed by atoms with E-state index in [4.69, 9.17) is 9.84 Å². The Morgan fingerprint density at radius 2 is 2.32 bits per heavy atom. The number of hydrogen-bond acceptors (Lipinski definition) is 4. The normalized spacial score (nSPS) is 11.4. The van der Waals surface area contributed by atoms with Crippen molar-refractivity contribution in [2.45, 2.75) is 6.42 Å². The Bertz CT molecular complexity index is 434. The summed E-state index contributed by atoms with van der Waals surface area (Å²) >= 11 is 0. The van der Waals surface area contributed by atoms with Crippen LogP contribution >= 0.6 is 0 Å². The molecule has 0 aromatic carbocycles. The van der Waals surface area contributed by atoms with Gasteiger partial charge in [-0.3, -0.25) is 9.78 Å². The number of carbonyl (C=O) groups excluding carboxylic acids is 1. The van der Waals surface area contributed by atoms with E-state index in [0.29, 0.717) is 5.69 Å². The Hall–Kier alpha value is -2.37. The van der Waals surface area contributed by atoms with E-state index in [-0.39, 0.29) is 19.6 Å². The fourth-order valence-electron chi connectivity index (χ4n) is 1.41. The highest BCUT2D eigenvalue weighted by atomic mass is 16.5. The summed E-state index contributed by atoms with van der Waals surface area (Å²) in [6.45, 7) is 3.48. The topological polar surface area (TPSA) is 88.5 Å². The molecule has 0 aliphatic heterocycles. The number of hydrogen-bond donors (Lipinski definition) is 2. The molecule has 0 fully saturated rings. The van der Waals surface area contributed by atoms with Crippen molar-refractivity contribution >= 4 is 12.1 Å². The van der Waals surface area contributed by atoms with Crippen LogP contribution in [0.25, 0.3) is 0 Å². The molecular formula is C13H16N2O4. The van der Waals surface area contributed by atoms with E-state index in [1.165, 1.54) is 6.08 Å². The number of carboxylic acids is 1. The molecule has 19 heavy (non-hydrogen) atoms. The number of alkyl carbamates (subject to hydrolysis) is 1. The van der Waals surface area contributed by atoms with Gasteiger partial charge in [-0.2, -0.15) is 0 Å². The molecule has 1 rings (SSSR count). The molecule has 1 amide bonds. The SMILES string of the molecule is C=CCOC(=O)NCC(Cc1ccccn1)C(=O)O. The van der Waals surface area contributed by atoms with Crippen LogP contribution in [0, 0.1) is 5.92 Å². The molecule has 0 aliphatic rings. The smallest absolute Gasteiger partial charge is 0.407 e. The molecule has 1 unspecified atom stereocenters. The number of amides is 1. The predicted molar refractivity (Wildman–Crippen MR) is 68.6 cm³/mol. The second-order valence-corrected chi connectivity index (χ2v) is 3.83. The number of aromatic nitrogens is 1. The molecule has 102 valence electrons. The van der Waals surface area contributed by atoms with Crippen LogP contribution in [0.15, 0.2) is 37.1 Å².